The third kappa shape index (κ3) is 5.03. The number of hydrogen-bond donors (Lipinski definition) is 1. The van der Waals surface area contributed by atoms with Crippen molar-refractivity contribution in [1.82, 2.24) is 5.32 Å². The first-order chi connectivity index (χ1) is 13.3. The fourth-order valence-electron chi connectivity index (χ4n) is 3.21. The molecule has 0 saturated carbocycles. The van der Waals surface area contributed by atoms with E-state index in [1.165, 1.54) is 12.1 Å². The van der Waals surface area contributed by atoms with Crippen molar-refractivity contribution in [2.45, 2.75) is 59.1 Å². The molecule has 0 saturated heterocycles. The molecular formula is C23H30FNO3. The SMILES string of the molecule is CC[C@H](Oc1ccccc1F)C(=O)N[C@@H](C)c1cc(C(C)C)c(OC)cc1C. The molecule has 0 bridgehead atoms. The van der Waals surface area contributed by atoms with Crippen LogP contribution in [0.5, 0.6) is 11.5 Å². The number of rotatable bonds is 8. The first-order valence-corrected chi connectivity index (χ1v) is 9.68. The van der Waals surface area contributed by atoms with E-state index in [0.29, 0.717) is 12.3 Å². The van der Waals surface area contributed by atoms with E-state index in [4.69, 9.17) is 9.47 Å². The predicted octanol–water partition coefficient (Wildman–Crippen LogP) is 5.30. The third-order valence-electron chi connectivity index (χ3n) is 4.83. The Balaban J connectivity index is 2.18. The van der Waals surface area contributed by atoms with Gasteiger partial charge in [-0.3, -0.25) is 4.79 Å². The molecule has 5 heteroatoms. The van der Waals surface area contributed by atoms with E-state index in [-0.39, 0.29) is 17.7 Å². The second-order valence-corrected chi connectivity index (χ2v) is 7.28. The van der Waals surface area contributed by atoms with Gasteiger partial charge in [-0.05, 0) is 67.1 Å². The van der Waals surface area contributed by atoms with Crippen LogP contribution in [0.25, 0.3) is 0 Å². The largest absolute Gasteiger partial charge is 0.496 e. The zero-order valence-electron chi connectivity index (χ0n) is 17.5. The molecule has 2 aromatic carbocycles. The summed E-state index contributed by atoms with van der Waals surface area (Å²) in [5.74, 6) is 0.489. The maximum atomic E-state index is 13.9. The minimum Gasteiger partial charge on any atom is -0.496 e. The van der Waals surface area contributed by atoms with Gasteiger partial charge in [0.2, 0.25) is 0 Å². The van der Waals surface area contributed by atoms with Crippen LogP contribution in [0.4, 0.5) is 4.39 Å². The fraction of sp³-hybridized carbons (Fsp3) is 0.435. The molecule has 0 aliphatic carbocycles. The summed E-state index contributed by atoms with van der Waals surface area (Å²) < 4.78 is 25.0. The smallest absolute Gasteiger partial charge is 0.261 e. The van der Waals surface area contributed by atoms with Crippen LogP contribution in [0.15, 0.2) is 36.4 Å². The van der Waals surface area contributed by atoms with Gasteiger partial charge < -0.3 is 14.8 Å². The second kappa shape index (κ2) is 9.58. The lowest BCUT2D eigenvalue weighted by molar-refractivity contribution is -0.128. The molecule has 0 aliphatic rings. The Labute approximate surface area is 167 Å². The maximum absolute atomic E-state index is 13.9. The molecule has 152 valence electrons. The summed E-state index contributed by atoms with van der Waals surface area (Å²) >= 11 is 0. The quantitative estimate of drug-likeness (QED) is 0.668. The Morgan fingerprint density at radius 2 is 1.79 bits per heavy atom. The second-order valence-electron chi connectivity index (χ2n) is 7.28. The van der Waals surface area contributed by atoms with Gasteiger partial charge in [-0.15, -0.1) is 0 Å². The Morgan fingerprint density at radius 1 is 1.11 bits per heavy atom. The predicted molar refractivity (Wildman–Crippen MR) is 109 cm³/mol. The van der Waals surface area contributed by atoms with E-state index in [0.717, 1.165) is 22.4 Å². The van der Waals surface area contributed by atoms with Gasteiger partial charge in [-0.1, -0.05) is 32.9 Å². The Kier molecular flexibility index (Phi) is 7.44. The zero-order valence-corrected chi connectivity index (χ0v) is 17.5. The highest BCUT2D eigenvalue weighted by Gasteiger charge is 2.23. The van der Waals surface area contributed by atoms with E-state index in [1.54, 1.807) is 19.2 Å². The number of carbonyl (C=O) groups excluding carboxylic acids is 1. The van der Waals surface area contributed by atoms with Gasteiger partial charge >= 0.3 is 0 Å². The van der Waals surface area contributed by atoms with Crippen molar-refractivity contribution in [3.8, 4) is 11.5 Å². The lowest BCUT2D eigenvalue weighted by Gasteiger charge is -2.23. The number of benzene rings is 2. The molecule has 0 radical (unpaired) electrons. The summed E-state index contributed by atoms with van der Waals surface area (Å²) in [6.07, 6.45) is -0.325. The minimum absolute atomic E-state index is 0.0832. The standard InChI is InChI=1S/C23H30FNO3/c1-7-20(28-21-11-9-8-10-19(21)24)23(26)25-16(5)18-13-17(14(2)3)22(27-6)12-15(18)4/h8-14,16,20H,7H2,1-6H3,(H,25,26)/t16-,20-/m0/s1. The summed E-state index contributed by atoms with van der Waals surface area (Å²) in [4.78, 5) is 12.7. The van der Waals surface area contributed by atoms with Crippen LogP contribution in [-0.2, 0) is 4.79 Å². The summed E-state index contributed by atoms with van der Waals surface area (Å²) in [6, 6.07) is 9.98. The van der Waals surface area contributed by atoms with E-state index in [2.05, 4.69) is 25.2 Å². The molecule has 0 spiro atoms. The fourth-order valence-corrected chi connectivity index (χ4v) is 3.21. The van der Waals surface area contributed by atoms with Crippen molar-refractivity contribution >= 4 is 5.91 Å². The lowest BCUT2D eigenvalue weighted by Crippen LogP contribution is -2.39. The van der Waals surface area contributed by atoms with Gasteiger partial charge in [0.1, 0.15) is 5.75 Å². The topological polar surface area (TPSA) is 47.6 Å². The van der Waals surface area contributed by atoms with Crippen molar-refractivity contribution in [3.05, 3.63) is 58.9 Å². The van der Waals surface area contributed by atoms with E-state index in [1.807, 2.05) is 26.8 Å². The van der Waals surface area contributed by atoms with E-state index in [9.17, 15) is 9.18 Å². The van der Waals surface area contributed by atoms with Gasteiger partial charge in [0.05, 0.1) is 13.2 Å². The van der Waals surface area contributed by atoms with E-state index >= 15 is 0 Å². The van der Waals surface area contributed by atoms with Crippen molar-refractivity contribution in [2.75, 3.05) is 7.11 Å². The molecule has 2 rings (SSSR count). The molecule has 0 fully saturated rings. The van der Waals surface area contributed by atoms with Gasteiger partial charge in [-0.2, -0.15) is 0 Å². The Hall–Kier alpha value is -2.56. The van der Waals surface area contributed by atoms with Crippen molar-refractivity contribution in [1.29, 1.82) is 0 Å². The molecular weight excluding hydrogens is 357 g/mol. The number of nitrogens with one attached hydrogen (secondary N) is 1. The number of ether oxygens (including phenoxy) is 2. The molecule has 28 heavy (non-hydrogen) atoms. The average molecular weight is 387 g/mol. The molecule has 1 N–H and O–H groups in total. The lowest BCUT2D eigenvalue weighted by atomic mass is 9.93. The van der Waals surface area contributed by atoms with Crippen LogP contribution in [0.3, 0.4) is 0 Å². The monoisotopic (exact) mass is 387 g/mol. The number of aryl methyl sites for hydroxylation is 1. The summed E-state index contributed by atoms with van der Waals surface area (Å²) in [6.45, 7) is 9.99. The highest BCUT2D eigenvalue weighted by molar-refractivity contribution is 5.81. The summed E-state index contributed by atoms with van der Waals surface area (Å²) in [7, 11) is 1.66. The number of amides is 1. The normalized spacial score (nSPS) is 13.1. The molecule has 1 amide bonds. The first kappa shape index (κ1) is 21.7. The molecule has 2 atom stereocenters. The Morgan fingerprint density at radius 3 is 2.36 bits per heavy atom. The molecule has 2 aromatic rings. The molecule has 4 nitrogen and oxygen atoms in total. The van der Waals surface area contributed by atoms with Gasteiger partial charge in [0, 0.05) is 0 Å². The van der Waals surface area contributed by atoms with Crippen LogP contribution in [0.2, 0.25) is 0 Å². The van der Waals surface area contributed by atoms with Crippen LogP contribution in [-0.4, -0.2) is 19.1 Å². The van der Waals surface area contributed by atoms with Gasteiger partial charge in [-0.25, -0.2) is 4.39 Å². The van der Waals surface area contributed by atoms with Crippen LogP contribution >= 0.6 is 0 Å². The molecule has 0 unspecified atom stereocenters. The summed E-state index contributed by atoms with van der Waals surface area (Å²) in [5.41, 5.74) is 3.16. The maximum Gasteiger partial charge on any atom is 0.261 e. The Bertz CT molecular complexity index is 819. The van der Waals surface area contributed by atoms with Crippen LogP contribution in [0, 0.1) is 12.7 Å². The highest BCUT2D eigenvalue weighted by atomic mass is 19.1. The molecule has 0 aliphatic heterocycles. The number of para-hydroxylation sites is 1. The van der Waals surface area contributed by atoms with Gasteiger partial charge in [0.25, 0.3) is 5.91 Å². The van der Waals surface area contributed by atoms with Crippen molar-refractivity contribution < 1.29 is 18.7 Å². The minimum atomic E-state index is -0.762. The van der Waals surface area contributed by atoms with Crippen molar-refractivity contribution in [2.24, 2.45) is 0 Å². The number of methoxy groups -OCH3 is 1. The molecule has 0 aromatic heterocycles. The van der Waals surface area contributed by atoms with E-state index < -0.39 is 11.9 Å². The van der Waals surface area contributed by atoms with Crippen molar-refractivity contribution in [3.63, 3.8) is 0 Å². The van der Waals surface area contributed by atoms with Gasteiger partial charge in [0.15, 0.2) is 17.7 Å². The number of halogens is 1. The third-order valence-corrected chi connectivity index (χ3v) is 4.83. The van der Waals surface area contributed by atoms with Crippen LogP contribution < -0.4 is 14.8 Å². The molecule has 0 heterocycles. The average Bonchev–Trinajstić information content (AvgIpc) is 2.66. The zero-order chi connectivity index (χ0) is 20.8. The number of hydrogen-bond acceptors (Lipinski definition) is 3. The van der Waals surface area contributed by atoms with Crippen LogP contribution in [0.1, 0.15) is 62.8 Å². The summed E-state index contributed by atoms with van der Waals surface area (Å²) in [5, 5.41) is 3.00. The highest BCUT2D eigenvalue weighted by Crippen LogP contribution is 2.32. The first-order valence-electron chi connectivity index (χ1n) is 9.68. The number of carbonyl (C=O) groups is 1.